The summed E-state index contributed by atoms with van der Waals surface area (Å²) in [6, 6.07) is -0.636. The maximum atomic E-state index is 12.5. The van der Waals surface area contributed by atoms with Gasteiger partial charge >= 0.3 is 5.97 Å². The van der Waals surface area contributed by atoms with E-state index in [-0.39, 0.29) is 18.5 Å². The van der Waals surface area contributed by atoms with Crippen LogP contribution in [-0.4, -0.2) is 47.4 Å². The number of amides is 1. The van der Waals surface area contributed by atoms with Crippen molar-refractivity contribution in [3.05, 3.63) is 36.5 Å². The molecule has 0 aliphatic carbocycles. The summed E-state index contributed by atoms with van der Waals surface area (Å²) < 4.78 is 5.47. The van der Waals surface area contributed by atoms with Gasteiger partial charge in [0.15, 0.2) is 0 Å². The molecule has 1 amide bonds. The second kappa shape index (κ2) is 60.6. The van der Waals surface area contributed by atoms with E-state index in [9.17, 15) is 19.8 Å². The highest BCUT2D eigenvalue weighted by Gasteiger charge is 2.18. The smallest absolute Gasteiger partial charge is 0.305 e. The maximum Gasteiger partial charge on any atom is 0.305 e. The number of aliphatic hydroxyl groups excluding tert-OH is 2. The van der Waals surface area contributed by atoms with Crippen LogP contribution in [0.4, 0.5) is 0 Å². The van der Waals surface area contributed by atoms with Gasteiger partial charge in [0, 0.05) is 12.8 Å². The van der Waals surface area contributed by atoms with E-state index in [0.29, 0.717) is 19.4 Å². The minimum absolute atomic E-state index is 0.00993. The zero-order valence-electron chi connectivity index (χ0n) is 47.7. The molecule has 2 unspecified atom stereocenters. The lowest BCUT2D eigenvalue weighted by Crippen LogP contribution is -2.45. The first-order valence-electron chi connectivity index (χ1n) is 31.8. The summed E-state index contributed by atoms with van der Waals surface area (Å²) in [5.41, 5.74) is 0. The number of ether oxygens (including phenoxy) is 1. The molecule has 2 atom stereocenters. The minimum atomic E-state index is -0.852. The van der Waals surface area contributed by atoms with Gasteiger partial charge in [-0.05, 0) is 64.2 Å². The molecule has 418 valence electrons. The predicted octanol–water partition coefficient (Wildman–Crippen LogP) is 20.0. The van der Waals surface area contributed by atoms with Crippen LogP contribution in [0.1, 0.15) is 341 Å². The fourth-order valence-corrected chi connectivity index (χ4v) is 9.80. The third kappa shape index (κ3) is 57.2. The normalized spacial score (nSPS) is 12.8. The Morgan fingerprint density at radius 2 is 0.690 bits per heavy atom. The van der Waals surface area contributed by atoms with Gasteiger partial charge in [0.1, 0.15) is 0 Å². The second-order valence-electron chi connectivity index (χ2n) is 21.8. The van der Waals surface area contributed by atoms with E-state index in [0.717, 1.165) is 77.0 Å². The molecule has 0 bridgehead atoms. The molecule has 0 aliphatic heterocycles. The average molecular weight is 999 g/mol. The highest BCUT2D eigenvalue weighted by Crippen LogP contribution is 2.17. The first kappa shape index (κ1) is 69.1. The molecular formula is C65H123NO5. The number of unbranched alkanes of at least 4 members (excludes halogenated alkanes) is 45. The lowest BCUT2D eigenvalue weighted by Gasteiger charge is -2.20. The summed E-state index contributed by atoms with van der Waals surface area (Å²) in [6.07, 6.45) is 76.1. The fraction of sp³-hybridized carbons (Fsp3) is 0.877. The molecule has 0 heterocycles. The van der Waals surface area contributed by atoms with Crippen molar-refractivity contribution in [3.8, 4) is 0 Å². The van der Waals surface area contributed by atoms with Crippen LogP contribution in [0.25, 0.3) is 0 Å². The maximum absolute atomic E-state index is 12.5. The van der Waals surface area contributed by atoms with Crippen LogP contribution in [0.2, 0.25) is 0 Å². The second-order valence-corrected chi connectivity index (χ2v) is 21.8. The molecule has 0 saturated carbocycles. The molecule has 0 rings (SSSR count). The van der Waals surface area contributed by atoms with E-state index in [2.05, 4.69) is 43.5 Å². The highest BCUT2D eigenvalue weighted by molar-refractivity contribution is 5.76. The molecule has 71 heavy (non-hydrogen) atoms. The van der Waals surface area contributed by atoms with Crippen LogP contribution in [-0.2, 0) is 14.3 Å². The third-order valence-corrected chi connectivity index (χ3v) is 14.7. The molecule has 0 spiro atoms. The van der Waals surface area contributed by atoms with Gasteiger partial charge in [-0.15, -0.1) is 0 Å². The Kier molecular flexibility index (Phi) is 59.0. The summed E-state index contributed by atoms with van der Waals surface area (Å²) in [6.45, 7) is 4.89. The molecular weight excluding hydrogens is 875 g/mol. The van der Waals surface area contributed by atoms with Gasteiger partial charge < -0.3 is 20.3 Å². The molecule has 0 aromatic heterocycles. The van der Waals surface area contributed by atoms with Crippen molar-refractivity contribution in [1.29, 1.82) is 0 Å². The van der Waals surface area contributed by atoms with Gasteiger partial charge in [0.05, 0.1) is 25.4 Å². The largest absolute Gasteiger partial charge is 0.466 e. The van der Waals surface area contributed by atoms with Gasteiger partial charge in [0.2, 0.25) is 5.91 Å². The van der Waals surface area contributed by atoms with Gasteiger partial charge in [-0.25, -0.2) is 0 Å². The molecule has 3 N–H and O–H groups in total. The molecule has 0 radical (unpaired) electrons. The SMILES string of the molecule is CCCCCCCCCCCCCCCCCC/C=C/C(O)C(CO)NC(=O)CCCCCCCCCCCC/C=C\C=C/CCCCCOC(=O)CCCCCCCCCCCCCCCCCCC. The minimum Gasteiger partial charge on any atom is -0.466 e. The van der Waals surface area contributed by atoms with Crippen LogP contribution in [0, 0.1) is 0 Å². The number of esters is 1. The first-order valence-corrected chi connectivity index (χ1v) is 31.8. The lowest BCUT2D eigenvalue weighted by atomic mass is 10.0. The summed E-state index contributed by atoms with van der Waals surface area (Å²) in [4.78, 5) is 24.6. The molecule has 0 aliphatic rings. The van der Waals surface area contributed by atoms with Crippen molar-refractivity contribution in [2.24, 2.45) is 0 Å². The first-order chi connectivity index (χ1) is 35.0. The average Bonchev–Trinajstić information content (AvgIpc) is 3.37. The van der Waals surface area contributed by atoms with Crippen molar-refractivity contribution in [2.75, 3.05) is 13.2 Å². The Bertz CT molecular complexity index is 1150. The van der Waals surface area contributed by atoms with Gasteiger partial charge in [0.25, 0.3) is 0 Å². The van der Waals surface area contributed by atoms with Gasteiger partial charge in [-0.1, -0.05) is 301 Å². The number of carbonyl (C=O) groups excluding carboxylic acids is 2. The molecule has 0 aromatic rings. The number of nitrogens with one attached hydrogen (secondary N) is 1. The Morgan fingerprint density at radius 1 is 0.394 bits per heavy atom. The lowest BCUT2D eigenvalue weighted by molar-refractivity contribution is -0.143. The van der Waals surface area contributed by atoms with Crippen molar-refractivity contribution in [1.82, 2.24) is 5.32 Å². The van der Waals surface area contributed by atoms with E-state index in [1.165, 1.54) is 238 Å². The predicted molar refractivity (Wildman–Crippen MR) is 310 cm³/mol. The number of hydrogen-bond donors (Lipinski definition) is 3. The molecule has 0 saturated heterocycles. The summed E-state index contributed by atoms with van der Waals surface area (Å²) in [7, 11) is 0. The number of carbonyl (C=O) groups is 2. The topological polar surface area (TPSA) is 95.9 Å². The standard InChI is InChI=1S/C65H123NO5/c1-3-5-7-9-11-13-15-17-19-21-26-29-33-37-41-45-49-53-57-63(68)62(61-67)66-64(69)58-54-50-46-42-38-34-30-27-23-22-24-28-32-36-40-44-48-52-56-60-71-65(70)59-55-51-47-43-39-35-31-25-20-18-16-14-12-10-8-6-4-2/h28,32,36,40,53,57,62-63,67-68H,3-27,29-31,33-35,37-39,41-52,54-56,58-61H2,1-2H3,(H,66,69)/b32-28-,40-36-,57-53+. The summed E-state index contributed by atoms with van der Waals surface area (Å²) in [5.74, 6) is -0.0856. The summed E-state index contributed by atoms with van der Waals surface area (Å²) in [5, 5.41) is 23.2. The van der Waals surface area contributed by atoms with Crippen LogP contribution in [0.3, 0.4) is 0 Å². The van der Waals surface area contributed by atoms with Crippen molar-refractivity contribution in [2.45, 2.75) is 353 Å². The monoisotopic (exact) mass is 998 g/mol. The molecule has 0 fully saturated rings. The zero-order chi connectivity index (χ0) is 51.4. The van der Waals surface area contributed by atoms with Crippen LogP contribution in [0.5, 0.6) is 0 Å². The van der Waals surface area contributed by atoms with Gasteiger partial charge in [-0.2, -0.15) is 0 Å². The Morgan fingerprint density at radius 3 is 1.04 bits per heavy atom. The van der Waals surface area contributed by atoms with E-state index >= 15 is 0 Å². The molecule has 6 nitrogen and oxygen atoms in total. The van der Waals surface area contributed by atoms with Crippen molar-refractivity contribution >= 4 is 11.9 Å². The molecule has 6 heteroatoms. The van der Waals surface area contributed by atoms with E-state index in [1.807, 2.05) is 6.08 Å². The number of aliphatic hydroxyl groups is 2. The third-order valence-electron chi connectivity index (χ3n) is 14.7. The fourth-order valence-electron chi connectivity index (χ4n) is 9.80. The quantitative estimate of drug-likeness (QED) is 0.0244. The Labute approximate surface area is 443 Å². The molecule has 0 aromatic carbocycles. The Balaban J connectivity index is 3.49. The Hall–Kier alpha value is -1.92. The van der Waals surface area contributed by atoms with E-state index in [4.69, 9.17) is 4.74 Å². The van der Waals surface area contributed by atoms with Crippen molar-refractivity contribution < 1.29 is 24.5 Å². The van der Waals surface area contributed by atoms with E-state index < -0.39 is 12.1 Å². The van der Waals surface area contributed by atoms with Crippen LogP contribution in [0.15, 0.2) is 36.5 Å². The summed E-state index contributed by atoms with van der Waals surface area (Å²) >= 11 is 0. The van der Waals surface area contributed by atoms with E-state index in [1.54, 1.807) is 6.08 Å². The number of allylic oxidation sites excluding steroid dienone is 5. The highest BCUT2D eigenvalue weighted by atomic mass is 16.5. The van der Waals surface area contributed by atoms with Crippen molar-refractivity contribution in [3.63, 3.8) is 0 Å². The van der Waals surface area contributed by atoms with Crippen LogP contribution >= 0.6 is 0 Å². The van der Waals surface area contributed by atoms with Gasteiger partial charge in [-0.3, -0.25) is 9.59 Å². The zero-order valence-corrected chi connectivity index (χ0v) is 47.7. The number of rotatable bonds is 59. The van der Waals surface area contributed by atoms with Crippen LogP contribution < -0.4 is 5.32 Å². The number of hydrogen-bond acceptors (Lipinski definition) is 5.